The number of hydrogen-bond acceptors (Lipinski definition) is 4. The number of carbonyl (C=O) groups excluding carboxylic acids is 1. The van der Waals surface area contributed by atoms with Gasteiger partial charge in [0.2, 0.25) is 5.91 Å². The quantitative estimate of drug-likeness (QED) is 0.870. The van der Waals surface area contributed by atoms with Gasteiger partial charge in [-0.2, -0.15) is 0 Å². The fraction of sp³-hybridized carbons (Fsp3) is 0.600. The van der Waals surface area contributed by atoms with Crippen LogP contribution in [0.5, 0.6) is 0 Å². The van der Waals surface area contributed by atoms with Crippen molar-refractivity contribution in [3.05, 3.63) is 23.2 Å². The summed E-state index contributed by atoms with van der Waals surface area (Å²) in [7, 11) is 1.65. The number of ether oxygens (including phenoxy) is 1. The van der Waals surface area contributed by atoms with E-state index in [9.17, 15) is 9.59 Å². The minimum absolute atomic E-state index is 0.0621. The molecule has 1 fully saturated rings. The molecule has 0 bridgehead atoms. The van der Waals surface area contributed by atoms with Crippen molar-refractivity contribution in [2.75, 3.05) is 13.7 Å². The molecular weight excluding hydrogens is 274 g/mol. The van der Waals surface area contributed by atoms with E-state index < -0.39 is 5.97 Å². The van der Waals surface area contributed by atoms with Gasteiger partial charge in [-0.25, -0.2) is 4.79 Å². The molecular formula is C15H21NO5. The minimum atomic E-state index is -1.03. The summed E-state index contributed by atoms with van der Waals surface area (Å²) >= 11 is 0. The molecule has 116 valence electrons. The number of furan rings is 1. The summed E-state index contributed by atoms with van der Waals surface area (Å²) < 4.78 is 10.9. The highest BCUT2D eigenvalue weighted by molar-refractivity contribution is 5.88. The van der Waals surface area contributed by atoms with Gasteiger partial charge in [-0.3, -0.25) is 4.79 Å². The monoisotopic (exact) mass is 295 g/mol. The van der Waals surface area contributed by atoms with Crippen molar-refractivity contribution in [1.29, 1.82) is 0 Å². The summed E-state index contributed by atoms with van der Waals surface area (Å²) in [6.07, 6.45) is 4.58. The van der Waals surface area contributed by atoms with E-state index in [4.69, 9.17) is 14.3 Å². The van der Waals surface area contributed by atoms with Crippen LogP contribution in [-0.2, 0) is 16.1 Å². The van der Waals surface area contributed by atoms with Crippen LogP contribution >= 0.6 is 0 Å². The number of nitrogens with zero attached hydrogens (tertiary/aromatic N) is 1. The largest absolute Gasteiger partial charge is 0.478 e. The third-order valence-corrected chi connectivity index (χ3v) is 3.76. The molecule has 0 unspecified atom stereocenters. The summed E-state index contributed by atoms with van der Waals surface area (Å²) in [4.78, 5) is 24.4. The van der Waals surface area contributed by atoms with E-state index in [2.05, 4.69) is 0 Å². The van der Waals surface area contributed by atoms with Crippen molar-refractivity contribution in [3.8, 4) is 0 Å². The fourth-order valence-electron chi connectivity index (χ4n) is 2.51. The fourth-order valence-corrected chi connectivity index (χ4v) is 2.51. The SMILES string of the molecule is Cc1oc(CN(C)C(=O)COC2CCCC2)cc1C(=O)O. The summed E-state index contributed by atoms with van der Waals surface area (Å²) in [5.41, 5.74) is 0.132. The van der Waals surface area contributed by atoms with Gasteiger partial charge >= 0.3 is 5.97 Å². The number of hydrogen-bond donors (Lipinski definition) is 1. The van der Waals surface area contributed by atoms with Gasteiger partial charge in [0.25, 0.3) is 0 Å². The highest BCUT2D eigenvalue weighted by atomic mass is 16.5. The van der Waals surface area contributed by atoms with E-state index in [1.807, 2.05) is 0 Å². The van der Waals surface area contributed by atoms with Crippen LogP contribution in [0.15, 0.2) is 10.5 Å². The average Bonchev–Trinajstić information content (AvgIpc) is 3.05. The maximum Gasteiger partial charge on any atom is 0.339 e. The molecule has 21 heavy (non-hydrogen) atoms. The molecule has 1 heterocycles. The van der Waals surface area contributed by atoms with Gasteiger partial charge in [0.15, 0.2) is 0 Å². The number of likely N-dealkylation sites (N-methyl/N-ethyl adjacent to an activating group) is 1. The van der Waals surface area contributed by atoms with Crippen LogP contribution in [0, 0.1) is 6.92 Å². The average molecular weight is 295 g/mol. The van der Waals surface area contributed by atoms with E-state index in [0.717, 1.165) is 12.8 Å². The van der Waals surface area contributed by atoms with Crippen LogP contribution in [0.1, 0.15) is 47.6 Å². The molecule has 0 aromatic carbocycles. The van der Waals surface area contributed by atoms with Crippen molar-refractivity contribution >= 4 is 11.9 Å². The first-order valence-electron chi connectivity index (χ1n) is 7.15. The molecule has 6 nitrogen and oxygen atoms in total. The summed E-state index contributed by atoms with van der Waals surface area (Å²) in [5, 5.41) is 8.97. The van der Waals surface area contributed by atoms with Crippen molar-refractivity contribution in [3.63, 3.8) is 0 Å². The number of rotatable bonds is 6. The standard InChI is InChI=1S/C15H21NO5/c1-10-13(15(18)19)7-12(21-10)8-16(2)14(17)9-20-11-5-3-4-6-11/h7,11H,3-6,8-9H2,1-2H3,(H,18,19). The van der Waals surface area contributed by atoms with Gasteiger partial charge in [0.1, 0.15) is 23.7 Å². The van der Waals surface area contributed by atoms with Gasteiger partial charge in [0, 0.05) is 7.05 Å². The lowest BCUT2D eigenvalue weighted by Crippen LogP contribution is -2.31. The molecule has 1 saturated carbocycles. The molecule has 0 saturated heterocycles. The zero-order valence-corrected chi connectivity index (χ0v) is 12.4. The Labute approximate surface area is 123 Å². The summed E-state index contributed by atoms with van der Waals surface area (Å²) in [6.45, 7) is 1.89. The van der Waals surface area contributed by atoms with Crippen molar-refractivity contribution in [2.45, 2.75) is 45.3 Å². The van der Waals surface area contributed by atoms with Gasteiger partial charge in [0.05, 0.1) is 12.6 Å². The molecule has 6 heteroatoms. The molecule has 1 N–H and O–H groups in total. The van der Waals surface area contributed by atoms with Gasteiger partial charge in [-0.05, 0) is 25.8 Å². The van der Waals surface area contributed by atoms with E-state index in [1.165, 1.54) is 23.8 Å². The number of aromatic carboxylic acids is 1. The Kier molecular flexibility index (Phi) is 5.01. The summed E-state index contributed by atoms with van der Waals surface area (Å²) in [5.74, 6) is -0.351. The summed E-state index contributed by atoms with van der Waals surface area (Å²) in [6, 6.07) is 1.46. The second-order valence-corrected chi connectivity index (χ2v) is 5.45. The van der Waals surface area contributed by atoms with E-state index in [-0.39, 0.29) is 30.7 Å². The predicted molar refractivity (Wildman–Crippen MR) is 75.1 cm³/mol. The highest BCUT2D eigenvalue weighted by Crippen LogP contribution is 2.21. The Bertz CT molecular complexity index is 516. The molecule has 1 aromatic heterocycles. The first-order chi connectivity index (χ1) is 9.97. The molecule has 0 radical (unpaired) electrons. The maximum atomic E-state index is 12.0. The van der Waals surface area contributed by atoms with E-state index >= 15 is 0 Å². The second-order valence-electron chi connectivity index (χ2n) is 5.45. The molecule has 1 amide bonds. The van der Waals surface area contributed by atoms with Crippen LogP contribution in [0.25, 0.3) is 0 Å². The van der Waals surface area contributed by atoms with Gasteiger partial charge in [-0.1, -0.05) is 12.8 Å². The number of carbonyl (C=O) groups is 2. The first-order valence-corrected chi connectivity index (χ1v) is 7.15. The van der Waals surface area contributed by atoms with Crippen LogP contribution in [0.2, 0.25) is 0 Å². The van der Waals surface area contributed by atoms with Crippen molar-refractivity contribution in [1.82, 2.24) is 4.90 Å². The topological polar surface area (TPSA) is 80.0 Å². The first kappa shape index (κ1) is 15.6. The minimum Gasteiger partial charge on any atom is -0.478 e. The maximum absolute atomic E-state index is 12.0. The third kappa shape index (κ3) is 4.07. The normalized spacial score (nSPS) is 15.3. The Hall–Kier alpha value is -1.82. The Morgan fingerprint density at radius 2 is 2.10 bits per heavy atom. The zero-order chi connectivity index (χ0) is 15.4. The lowest BCUT2D eigenvalue weighted by Gasteiger charge is -2.17. The van der Waals surface area contributed by atoms with Crippen LogP contribution in [-0.4, -0.2) is 41.6 Å². The number of carboxylic acid groups (broad SMARTS) is 1. The Morgan fingerprint density at radius 1 is 1.43 bits per heavy atom. The number of carboxylic acids is 1. The molecule has 1 aliphatic carbocycles. The molecule has 1 aromatic rings. The van der Waals surface area contributed by atoms with E-state index in [0.29, 0.717) is 11.5 Å². The molecule has 2 rings (SSSR count). The molecule has 0 spiro atoms. The predicted octanol–water partition coefficient (Wildman–Crippen LogP) is 2.20. The molecule has 0 atom stereocenters. The van der Waals surface area contributed by atoms with Crippen molar-refractivity contribution in [2.24, 2.45) is 0 Å². The smallest absolute Gasteiger partial charge is 0.339 e. The van der Waals surface area contributed by atoms with Gasteiger partial charge < -0.3 is 19.2 Å². The Morgan fingerprint density at radius 3 is 2.67 bits per heavy atom. The Balaban J connectivity index is 1.85. The zero-order valence-electron chi connectivity index (χ0n) is 12.4. The molecule has 1 aliphatic rings. The number of amides is 1. The van der Waals surface area contributed by atoms with Crippen LogP contribution < -0.4 is 0 Å². The van der Waals surface area contributed by atoms with E-state index in [1.54, 1.807) is 14.0 Å². The molecule has 0 aliphatic heterocycles. The van der Waals surface area contributed by atoms with Crippen LogP contribution in [0.3, 0.4) is 0 Å². The highest BCUT2D eigenvalue weighted by Gasteiger charge is 2.20. The van der Waals surface area contributed by atoms with Crippen LogP contribution in [0.4, 0.5) is 0 Å². The lowest BCUT2D eigenvalue weighted by molar-refractivity contribution is -0.137. The van der Waals surface area contributed by atoms with Gasteiger partial charge in [-0.15, -0.1) is 0 Å². The van der Waals surface area contributed by atoms with Crippen molar-refractivity contribution < 1.29 is 23.8 Å². The second kappa shape index (κ2) is 6.76. The third-order valence-electron chi connectivity index (χ3n) is 3.76. The number of aryl methyl sites for hydroxylation is 1. The lowest BCUT2D eigenvalue weighted by atomic mass is 10.2.